The summed E-state index contributed by atoms with van der Waals surface area (Å²) in [5.74, 6) is -0.250. The number of carbonyl (C=O) groups excluding carboxylic acids is 2. The van der Waals surface area contributed by atoms with Gasteiger partial charge in [0.05, 0.1) is 34.7 Å². The topological polar surface area (TPSA) is 136 Å². The van der Waals surface area contributed by atoms with Crippen LogP contribution in [0.15, 0.2) is 34.2 Å². The van der Waals surface area contributed by atoms with Gasteiger partial charge in [0.2, 0.25) is 17.6 Å². The minimum absolute atomic E-state index is 0.0247. The van der Waals surface area contributed by atoms with Crippen LogP contribution in [0.5, 0.6) is 0 Å². The second-order valence-corrected chi connectivity index (χ2v) is 11.0. The molecular formula is C20H24N6O5S2. The monoisotopic (exact) mass is 492 g/mol. The molecule has 3 heterocycles. The van der Waals surface area contributed by atoms with Crippen LogP contribution in [-0.4, -0.2) is 80.7 Å². The zero-order chi connectivity index (χ0) is 23.8. The fraction of sp³-hybridized carbons (Fsp3) is 0.450. The number of thioether (sulfide) groups is 1. The summed E-state index contributed by atoms with van der Waals surface area (Å²) in [6, 6.07) is 6.71. The number of hydrogen-bond donors (Lipinski definition) is 1. The number of nitrogens with zero attached hydrogens (tertiary/aromatic N) is 5. The Morgan fingerprint density at radius 2 is 2.03 bits per heavy atom. The highest BCUT2D eigenvalue weighted by molar-refractivity contribution is 7.99. The van der Waals surface area contributed by atoms with Crippen LogP contribution in [0.4, 0.5) is 0 Å². The van der Waals surface area contributed by atoms with E-state index in [1.54, 1.807) is 36.6 Å². The van der Waals surface area contributed by atoms with Crippen molar-refractivity contribution in [1.29, 1.82) is 0 Å². The smallest absolute Gasteiger partial charge is 0.262 e. The molecule has 1 atom stereocenters. The van der Waals surface area contributed by atoms with Crippen molar-refractivity contribution in [3.63, 3.8) is 0 Å². The summed E-state index contributed by atoms with van der Waals surface area (Å²) in [4.78, 5) is 39.1. The molecular weight excluding hydrogens is 468 g/mol. The summed E-state index contributed by atoms with van der Waals surface area (Å²) in [7, 11) is -1.48. The van der Waals surface area contributed by atoms with Gasteiger partial charge in [-0.15, -0.1) is 10.2 Å². The van der Waals surface area contributed by atoms with Crippen LogP contribution >= 0.6 is 11.8 Å². The standard InChI is InChI=1S/C20H24N6O5S2/c1-3-25(10-16(27)21-13-8-9-33(30,31)12-13)17(28)11-32-20-23-22-19-24(2)18(29)14-6-4-5-7-15(14)26(19)20/h4-7,13H,3,8-12H2,1-2H3,(H,21,27). The summed E-state index contributed by atoms with van der Waals surface area (Å²) in [6.45, 7) is 1.95. The third-order valence-electron chi connectivity index (χ3n) is 5.59. The molecule has 1 aliphatic heterocycles. The van der Waals surface area contributed by atoms with E-state index in [0.29, 0.717) is 34.8 Å². The molecule has 2 aromatic heterocycles. The van der Waals surface area contributed by atoms with Gasteiger partial charge < -0.3 is 10.2 Å². The van der Waals surface area contributed by atoms with Crippen LogP contribution in [0.1, 0.15) is 13.3 Å². The minimum atomic E-state index is -3.10. The van der Waals surface area contributed by atoms with Gasteiger partial charge in [0.15, 0.2) is 15.0 Å². The first-order valence-electron chi connectivity index (χ1n) is 10.4. The zero-order valence-electron chi connectivity index (χ0n) is 18.2. The average molecular weight is 493 g/mol. The predicted octanol–water partition coefficient (Wildman–Crippen LogP) is -0.175. The molecule has 1 aromatic carbocycles. The van der Waals surface area contributed by atoms with Gasteiger partial charge in [-0.05, 0) is 25.5 Å². The normalized spacial score (nSPS) is 17.5. The lowest BCUT2D eigenvalue weighted by Gasteiger charge is -2.21. The molecule has 1 aliphatic rings. The van der Waals surface area contributed by atoms with E-state index in [-0.39, 0.29) is 41.2 Å². The van der Waals surface area contributed by atoms with Crippen LogP contribution in [-0.2, 0) is 26.5 Å². The molecule has 2 amide bonds. The van der Waals surface area contributed by atoms with Crippen LogP contribution in [0.25, 0.3) is 16.7 Å². The van der Waals surface area contributed by atoms with E-state index in [9.17, 15) is 22.8 Å². The van der Waals surface area contributed by atoms with Crippen molar-refractivity contribution in [1.82, 2.24) is 29.4 Å². The van der Waals surface area contributed by atoms with Crippen molar-refractivity contribution < 1.29 is 18.0 Å². The van der Waals surface area contributed by atoms with Crippen molar-refractivity contribution in [3.8, 4) is 0 Å². The van der Waals surface area contributed by atoms with Crippen LogP contribution in [0.2, 0.25) is 0 Å². The Labute approximate surface area is 194 Å². The number of nitrogens with one attached hydrogen (secondary N) is 1. The Hall–Kier alpha value is -2.93. The maximum absolute atomic E-state index is 12.8. The number of carbonyl (C=O) groups is 2. The van der Waals surface area contributed by atoms with Crippen LogP contribution < -0.4 is 10.9 Å². The second kappa shape index (κ2) is 9.14. The van der Waals surface area contributed by atoms with Crippen molar-refractivity contribution in [2.24, 2.45) is 7.05 Å². The molecule has 0 spiro atoms. The van der Waals surface area contributed by atoms with E-state index in [1.165, 1.54) is 21.2 Å². The molecule has 176 valence electrons. The first-order chi connectivity index (χ1) is 15.7. The highest BCUT2D eigenvalue weighted by atomic mass is 32.2. The number of rotatable bonds is 7. The first kappa shape index (κ1) is 23.2. The summed E-state index contributed by atoms with van der Waals surface area (Å²) < 4.78 is 26.3. The molecule has 1 N–H and O–H groups in total. The summed E-state index contributed by atoms with van der Waals surface area (Å²) in [5.41, 5.74) is 0.463. The number of aromatic nitrogens is 4. The zero-order valence-corrected chi connectivity index (χ0v) is 19.9. The Bertz CT molecular complexity index is 1400. The minimum Gasteiger partial charge on any atom is -0.351 e. The molecule has 0 radical (unpaired) electrons. The van der Waals surface area contributed by atoms with Gasteiger partial charge in [-0.25, -0.2) is 8.42 Å². The van der Waals surface area contributed by atoms with Crippen molar-refractivity contribution >= 4 is 50.1 Å². The Morgan fingerprint density at radius 3 is 2.73 bits per heavy atom. The van der Waals surface area contributed by atoms with E-state index in [0.717, 1.165) is 0 Å². The van der Waals surface area contributed by atoms with Crippen molar-refractivity contribution in [3.05, 3.63) is 34.6 Å². The molecule has 33 heavy (non-hydrogen) atoms. The predicted molar refractivity (Wildman–Crippen MR) is 124 cm³/mol. The number of benzene rings is 1. The van der Waals surface area contributed by atoms with Crippen LogP contribution in [0, 0.1) is 0 Å². The number of fused-ring (bicyclic) bond motifs is 3. The van der Waals surface area contributed by atoms with Gasteiger partial charge in [0.25, 0.3) is 5.56 Å². The lowest BCUT2D eigenvalue weighted by Crippen LogP contribution is -2.45. The summed E-state index contributed by atoms with van der Waals surface area (Å²) in [5, 5.41) is 11.9. The molecule has 1 unspecified atom stereocenters. The van der Waals surface area contributed by atoms with Gasteiger partial charge in [-0.2, -0.15) is 0 Å². The van der Waals surface area contributed by atoms with E-state index in [4.69, 9.17) is 0 Å². The maximum atomic E-state index is 12.8. The number of sulfone groups is 1. The van der Waals surface area contributed by atoms with Gasteiger partial charge in [-0.3, -0.25) is 23.4 Å². The fourth-order valence-electron chi connectivity index (χ4n) is 3.85. The van der Waals surface area contributed by atoms with Gasteiger partial charge in [0.1, 0.15) is 0 Å². The maximum Gasteiger partial charge on any atom is 0.262 e. The first-order valence-corrected chi connectivity index (χ1v) is 13.2. The summed E-state index contributed by atoms with van der Waals surface area (Å²) >= 11 is 1.17. The van der Waals surface area contributed by atoms with Crippen LogP contribution in [0.3, 0.4) is 0 Å². The molecule has 3 aromatic rings. The van der Waals surface area contributed by atoms with Crippen molar-refractivity contribution in [2.75, 3.05) is 30.3 Å². The number of amides is 2. The third kappa shape index (κ3) is 4.74. The molecule has 0 saturated carbocycles. The fourth-order valence-corrected chi connectivity index (χ4v) is 6.37. The molecule has 0 bridgehead atoms. The molecule has 11 nitrogen and oxygen atoms in total. The Balaban J connectivity index is 1.45. The number of para-hydroxylation sites is 1. The highest BCUT2D eigenvalue weighted by Gasteiger charge is 2.29. The lowest BCUT2D eigenvalue weighted by atomic mass is 10.2. The molecule has 1 fully saturated rings. The third-order valence-corrected chi connectivity index (χ3v) is 8.27. The molecule has 0 aliphatic carbocycles. The highest BCUT2D eigenvalue weighted by Crippen LogP contribution is 2.21. The summed E-state index contributed by atoms with van der Waals surface area (Å²) in [6.07, 6.45) is 0.389. The number of aryl methyl sites for hydroxylation is 1. The average Bonchev–Trinajstić information content (AvgIpc) is 3.36. The SMILES string of the molecule is CCN(CC(=O)NC1CCS(=O)(=O)C1)C(=O)CSc1nnc2n(C)c(=O)c3ccccc3n12. The molecule has 1 saturated heterocycles. The molecule has 13 heteroatoms. The Kier molecular flexibility index (Phi) is 6.43. The van der Waals surface area contributed by atoms with Gasteiger partial charge >= 0.3 is 0 Å². The van der Waals surface area contributed by atoms with Crippen molar-refractivity contribution in [2.45, 2.75) is 24.5 Å². The van der Waals surface area contributed by atoms with Gasteiger partial charge in [0, 0.05) is 19.6 Å². The van der Waals surface area contributed by atoms with Gasteiger partial charge in [-0.1, -0.05) is 23.9 Å². The Morgan fingerprint density at radius 1 is 1.27 bits per heavy atom. The van der Waals surface area contributed by atoms with E-state index in [2.05, 4.69) is 15.5 Å². The number of hydrogen-bond acceptors (Lipinski definition) is 8. The van der Waals surface area contributed by atoms with E-state index in [1.807, 2.05) is 6.07 Å². The quantitative estimate of drug-likeness (QED) is 0.449. The second-order valence-electron chi connectivity index (χ2n) is 7.86. The molecule has 4 rings (SSSR count). The largest absolute Gasteiger partial charge is 0.351 e. The van der Waals surface area contributed by atoms with E-state index >= 15 is 0 Å². The lowest BCUT2D eigenvalue weighted by molar-refractivity contribution is -0.134. The van der Waals surface area contributed by atoms with E-state index < -0.39 is 15.9 Å². The number of likely N-dealkylation sites (N-methyl/N-ethyl adjacent to an activating group) is 1.